The Kier molecular flexibility index (Phi) is 8.82. The fourth-order valence-corrected chi connectivity index (χ4v) is 4.97. The number of ether oxygens (including phenoxy) is 1. The van der Waals surface area contributed by atoms with E-state index in [1.165, 1.54) is 11.8 Å². The highest BCUT2D eigenvalue weighted by atomic mass is 35.6. The number of nitrogens with one attached hydrogen (secondary N) is 1. The van der Waals surface area contributed by atoms with Gasteiger partial charge in [0.15, 0.2) is 0 Å². The topological polar surface area (TPSA) is 58.6 Å². The van der Waals surface area contributed by atoms with Gasteiger partial charge in [-0.1, -0.05) is 119 Å². The van der Waals surface area contributed by atoms with Gasteiger partial charge in [-0.15, -0.1) is 0 Å². The first-order valence-corrected chi connectivity index (χ1v) is 13.5. The van der Waals surface area contributed by atoms with Crippen molar-refractivity contribution in [3.8, 4) is 5.75 Å². The van der Waals surface area contributed by atoms with Gasteiger partial charge >= 0.3 is 0 Å². The van der Waals surface area contributed by atoms with E-state index in [0.717, 1.165) is 16.7 Å². The Bertz CT molecular complexity index is 1330. The van der Waals surface area contributed by atoms with Crippen LogP contribution in [0.1, 0.15) is 27.0 Å². The van der Waals surface area contributed by atoms with Crippen LogP contribution in [-0.2, 0) is 11.3 Å². The minimum atomic E-state index is -1.92. The Hall–Kier alpha value is -2.55. The molecule has 1 N–H and O–H groups in total. The number of hydrogen-bond donors (Lipinski definition) is 1. The number of aryl methyl sites for hydroxylation is 1. The number of nitrogens with zero attached hydrogens (tertiary/aromatic N) is 1. The van der Waals surface area contributed by atoms with E-state index in [0.29, 0.717) is 27.1 Å². The van der Waals surface area contributed by atoms with Crippen molar-refractivity contribution in [3.05, 3.63) is 106 Å². The van der Waals surface area contributed by atoms with Gasteiger partial charge in [-0.05, 0) is 48.4 Å². The molecule has 1 saturated heterocycles. The van der Waals surface area contributed by atoms with Crippen LogP contribution in [0.2, 0.25) is 0 Å². The van der Waals surface area contributed by atoms with Gasteiger partial charge in [0, 0.05) is 5.56 Å². The quantitative estimate of drug-likeness (QED) is 0.140. The SMILES string of the molecule is Cc1ccc(C(=O)N[C@H](Oc2ccc(/C=C3\SC(=S)N(Cc4ccccc4)C3=O)cc2)C(Cl)(Cl)Cl)cc1. The summed E-state index contributed by atoms with van der Waals surface area (Å²) >= 11 is 24.9. The summed E-state index contributed by atoms with van der Waals surface area (Å²) in [5, 5.41) is 2.61. The van der Waals surface area contributed by atoms with Crippen LogP contribution in [0.3, 0.4) is 0 Å². The van der Waals surface area contributed by atoms with Crippen LogP contribution in [0.5, 0.6) is 5.75 Å². The molecule has 1 fully saturated rings. The largest absolute Gasteiger partial charge is 0.466 e. The number of halogens is 3. The fraction of sp³-hybridized carbons (Fsp3) is 0.148. The van der Waals surface area contributed by atoms with E-state index < -0.39 is 15.9 Å². The highest BCUT2D eigenvalue weighted by Gasteiger charge is 2.36. The minimum Gasteiger partial charge on any atom is -0.466 e. The Morgan fingerprint density at radius 3 is 2.32 bits per heavy atom. The van der Waals surface area contributed by atoms with E-state index in [-0.39, 0.29) is 5.91 Å². The molecule has 0 saturated carbocycles. The molecule has 0 spiro atoms. The zero-order valence-electron chi connectivity index (χ0n) is 19.5. The minimum absolute atomic E-state index is 0.144. The first-order chi connectivity index (χ1) is 17.6. The van der Waals surface area contributed by atoms with Crippen LogP contribution in [0.25, 0.3) is 6.08 Å². The van der Waals surface area contributed by atoms with Crippen molar-refractivity contribution in [2.24, 2.45) is 0 Å². The molecule has 1 aliphatic rings. The number of thioether (sulfide) groups is 1. The fourth-order valence-electron chi connectivity index (χ4n) is 3.42. The average molecular weight is 592 g/mol. The molecule has 5 nitrogen and oxygen atoms in total. The molecule has 1 atom stereocenters. The first kappa shape index (κ1) is 27.5. The maximum absolute atomic E-state index is 12.9. The molecule has 0 radical (unpaired) electrons. The second-order valence-corrected chi connectivity index (χ2v) is 12.2. The number of hydrogen-bond acceptors (Lipinski definition) is 5. The molecule has 1 heterocycles. The van der Waals surface area contributed by atoms with Crippen molar-refractivity contribution in [2.45, 2.75) is 23.5 Å². The summed E-state index contributed by atoms with van der Waals surface area (Å²) in [6, 6.07) is 23.5. The summed E-state index contributed by atoms with van der Waals surface area (Å²) in [7, 11) is 0. The number of carbonyl (C=O) groups excluding carboxylic acids is 2. The van der Waals surface area contributed by atoms with E-state index in [1.807, 2.05) is 49.4 Å². The van der Waals surface area contributed by atoms with Crippen molar-refractivity contribution in [3.63, 3.8) is 0 Å². The number of thiocarbonyl (C=S) groups is 1. The number of amides is 2. The summed E-state index contributed by atoms with van der Waals surface area (Å²) in [6.07, 6.45) is 0.519. The van der Waals surface area contributed by atoms with E-state index in [1.54, 1.807) is 47.4 Å². The Balaban J connectivity index is 1.43. The summed E-state index contributed by atoms with van der Waals surface area (Å²) < 4.78 is 4.38. The normalized spacial score (nSPS) is 15.7. The molecular formula is C27H21Cl3N2O3S2. The summed E-state index contributed by atoms with van der Waals surface area (Å²) in [6.45, 7) is 2.34. The van der Waals surface area contributed by atoms with Crippen LogP contribution >= 0.6 is 58.8 Å². The van der Waals surface area contributed by atoms with Gasteiger partial charge in [0.05, 0.1) is 11.4 Å². The van der Waals surface area contributed by atoms with Crippen molar-refractivity contribution in [1.82, 2.24) is 10.2 Å². The summed E-state index contributed by atoms with van der Waals surface area (Å²) in [5.41, 5.74) is 3.19. The molecule has 0 aliphatic carbocycles. The third kappa shape index (κ3) is 7.27. The highest BCUT2D eigenvalue weighted by Crippen LogP contribution is 2.35. The second-order valence-electron chi connectivity index (χ2n) is 8.20. The van der Waals surface area contributed by atoms with Gasteiger partial charge in [0.2, 0.25) is 10.0 Å². The molecule has 2 amide bonds. The lowest BCUT2D eigenvalue weighted by atomic mass is 10.1. The molecular weight excluding hydrogens is 571 g/mol. The van der Waals surface area contributed by atoms with Gasteiger partial charge < -0.3 is 10.1 Å². The predicted octanol–water partition coefficient (Wildman–Crippen LogP) is 6.90. The highest BCUT2D eigenvalue weighted by molar-refractivity contribution is 8.26. The van der Waals surface area contributed by atoms with Crippen LogP contribution < -0.4 is 10.1 Å². The Morgan fingerprint density at radius 2 is 1.70 bits per heavy atom. The molecule has 3 aromatic carbocycles. The van der Waals surface area contributed by atoms with Gasteiger partial charge in [-0.3, -0.25) is 14.5 Å². The average Bonchev–Trinajstić information content (AvgIpc) is 3.12. The van der Waals surface area contributed by atoms with Gasteiger partial charge in [0.25, 0.3) is 11.8 Å². The lowest BCUT2D eigenvalue weighted by molar-refractivity contribution is -0.122. The molecule has 37 heavy (non-hydrogen) atoms. The molecule has 190 valence electrons. The smallest absolute Gasteiger partial charge is 0.266 e. The Labute approximate surface area is 239 Å². The van der Waals surface area contributed by atoms with Crippen LogP contribution in [-0.4, -0.2) is 31.1 Å². The molecule has 3 aromatic rings. The van der Waals surface area contributed by atoms with E-state index in [2.05, 4.69) is 5.32 Å². The molecule has 0 aromatic heterocycles. The second kappa shape index (κ2) is 11.9. The van der Waals surface area contributed by atoms with Crippen LogP contribution in [0, 0.1) is 6.92 Å². The predicted molar refractivity (Wildman–Crippen MR) is 155 cm³/mol. The molecule has 0 unspecified atom stereocenters. The summed E-state index contributed by atoms with van der Waals surface area (Å²) in [5.74, 6) is -0.214. The van der Waals surface area contributed by atoms with E-state index in [9.17, 15) is 9.59 Å². The lowest BCUT2D eigenvalue weighted by Crippen LogP contribution is -2.47. The number of carbonyl (C=O) groups is 2. The Morgan fingerprint density at radius 1 is 1.05 bits per heavy atom. The van der Waals surface area contributed by atoms with Crippen LogP contribution in [0.15, 0.2) is 83.8 Å². The maximum atomic E-state index is 12.9. The van der Waals surface area contributed by atoms with Crippen molar-refractivity contribution >= 4 is 81.0 Å². The van der Waals surface area contributed by atoms with Gasteiger partial charge in [-0.2, -0.15) is 0 Å². The van der Waals surface area contributed by atoms with E-state index >= 15 is 0 Å². The van der Waals surface area contributed by atoms with Gasteiger partial charge in [0.1, 0.15) is 10.1 Å². The van der Waals surface area contributed by atoms with Crippen molar-refractivity contribution in [2.75, 3.05) is 0 Å². The van der Waals surface area contributed by atoms with E-state index in [4.69, 9.17) is 51.8 Å². The zero-order valence-corrected chi connectivity index (χ0v) is 23.4. The number of rotatable bonds is 7. The van der Waals surface area contributed by atoms with Crippen molar-refractivity contribution < 1.29 is 14.3 Å². The zero-order chi connectivity index (χ0) is 26.6. The third-order valence-corrected chi connectivity index (χ3v) is 7.33. The third-order valence-electron chi connectivity index (χ3n) is 5.36. The molecule has 4 rings (SSSR count). The summed E-state index contributed by atoms with van der Waals surface area (Å²) in [4.78, 5) is 27.7. The number of benzene rings is 3. The molecule has 0 bridgehead atoms. The molecule has 1 aliphatic heterocycles. The standard InChI is InChI=1S/C27H21Cl3N2O3S2/c1-17-7-11-20(12-8-17)23(33)31-25(27(28,29)30)35-21-13-9-18(10-14-21)15-22-24(34)32(26(36)37-22)16-19-5-3-2-4-6-19/h2-15,25H,16H2,1H3,(H,31,33)/b22-15-/t25-/m1/s1. The first-order valence-electron chi connectivity index (χ1n) is 11.1. The molecule has 10 heteroatoms. The monoisotopic (exact) mass is 590 g/mol. The van der Waals surface area contributed by atoms with Crippen molar-refractivity contribution in [1.29, 1.82) is 0 Å². The van der Waals surface area contributed by atoms with Gasteiger partial charge in [-0.25, -0.2) is 0 Å². The maximum Gasteiger partial charge on any atom is 0.266 e. The lowest BCUT2D eigenvalue weighted by Gasteiger charge is -2.26. The number of alkyl halides is 3. The van der Waals surface area contributed by atoms with Crippen LogP contribution in [0.4, 0.5) is 0 Å².